The number of rotatable bonds is 5. The van der Waals surface area contributed by atoms with E-state index in [2.05, 4.69) is 5.32 Å². The van der Waals surface area contributed by atoms with Crippen LogP contribution in [0.4, 0.5) is 0 Å². The first-order chi connectivity index (χ1) is 12.3. The Bertz CT molecular complexity index is 649. The summed E-state index contributed by atoms with van der Waals surface area (Å²) >= 11 is 0. The summed E-state index contributed by atoms with van der Waals surface area (Å²) in [5.41, 5.74) is 0.311. The molecule has 1 heterocycles. The van der Waals surface area contributed by atoms with Crippen molar-refractivity contribution in [1.29, 1.82) is 0 Å². The van der Waals surface area contributed by atoms with E-state index in [-0.39, 0.29) is 6.61 Å². The predicted octanol–water partition coefficient (Wildman–Crippen LogP) is -0.642. The number of benzene rings is 1. The first kappa shape index (κ1) is 19.8. The Hall–Kier alpha value is -2.49. The Morgan fingerprint density at radius 2 is 1.81 bits per heavy atom. The Morgan fingerprint density at radius 3 is 2.38 bits per heavy atom. The molecule has 142 valence electrons. The zero-order valence-electron chi connectivity index (χ0n) is 14.3. The molecule has 1 amide bonds. The van der Waals surface area contributed by atoms with Gasteiger partial charge in [-0.2, -0.15) is 0 Å². The van der Waals surface area contributed by atoms with Crippen LogP contribution in [0.1, 0.15) is 24.2 Å². The number of aliphatic hydroxyl groups is 2. The molecule has 1 aliphatic heterocycles. The van der Waals surface area contributed by atoms with Crippen LogP contribution in [0.3, 0.4) is 0 Å². The van der Waals surface area contributed by atoms with Gasteiger partial charge in [-0.25, -0.2) is 4.79 Å². The van der Waals surface area contributed by atoms with Gasteiger partial charge in [0.15, 0.2) is 12.4 Å². The van der Waals surface area contributed by atoms with Gasteiger partial charge < -0.3 is 29.7 Å². The Balaban J connectivity index is 2.06. The van der Waals surface area contributed by atoms with E-state index < -0.39 is 48.5 Å². The van der Waals surface area contributed by atoms with Crippen molar-refractivity contribution in [3.8, 4) is 0 Å². The lowest BCUT2D eigenvalue weighted by atomic mass is 9.96. The van der Waals surface area contributed by atoms with Crippen molar-refractivity contribution in [2.75, 3.05) is 6.61 Å². The third-order valence-electron chi connectivity index (χ3n) is 3.75. The molecule has 0 aliphatic carbocycles. The van der Waals surface area contributed by atoms with E-state index in [4.69, 9.17) is 14.2 Å². The molecule has 1 unspecified atom stereocenters. The van der Waals surface area contributed by atoms with Crippen LogP contribution in [0.25, 0.3) is 0 Å². The molecule has 9 nitrogen and oxygen atoms in total. The van der Waals surface area contributed by atoms with Crippen LogP contribution in [0.5, 0.6) is 0 Å². The van der Waals surface area contributed by atoms with Crippen LogP contribution in [0.15, 0.2) is 30.3 Å². The molecule has 1 saturated heterocycles. The zero-order valence-corrected chi connectivity index (χ0v) is 14.3. The van der Waals surface area contributed by atoms with Crippen LogP contribution in [0.2, 0.25) is 0 Å². The maximum Gasteiger partial charge on any atom is 0.338 e. The number of nitrogens with one attached hydrogen (secondary N) is 1. The lowest BCUT2D eigenvalue weighted by molar-refractivity contribution is -0.258. The van der Waals surface area contributed by atoms with Crippen molar-refractivity contribution in [2.24, 2.45) is 0 Å². The molecule has 0 saturated carbocycles. The van der Waals surface area contributed by atoms with Gasteiger partial charge in [-0.3, -0.25) is 9.59 Å². The highest BCUT2D eigenvalue weighted by Gasteiger charge is 2.47. The smallest absolute Gasteiger partial charge is 0.338 e. The second-order valence-electron chi connectivity index (χ2n) is 5.82. The van der Waals surface area contributed by atoms with Crippen molar-refractivity contribution >= 4 is 17.8 Å². The number of hydrogen-bond acceptors (Lipinski definition) is 8. The fourth-order valence-electron chi connectivity index (χ4n) is 2.61. The summed E-state index contributed by atoms with van der Waals surface area (Å²) in [6.45, 7) is 1.96. The van der Waals surface area contributed by atoms with Crippen molar-refractivity contribution < 1.29 is 38.8 Å². The molecule has 0 bridgehead atoms. The maximum atomic E-state index is 12.0. The van der Waals surface area contributed by atoms with Gasteiger partial charge in [0.05, 0.1) is 5.56 Å². The molecule has 0 aromatic heterocycles. The lowest BCUT2D eigenvalue weighted by Crippen LogP contribution is -2.65. The lowest BCUT2D eigenvalue weighted by Gasteiger charge is -2.42. The molecule has 0 spiro atoms. The van der Waals surface area contributed by atoms with E-state index >= 15 is 0 Å². The summed E-state index contributed by atoms with van der Waals surface area (Å²) in [5.74, 6) is -1.85. The van der Waals surface area contributed by atoms with E-state index in [1.54, 1.807) is 30.3 Å². The molecule has 9 heteroatoms. The topological polar surface area (TPSA) is 131 Å². The summed E-state index contributed by atoms with van der Waals surface area (Å²) in [6, 6.07) is 7.04. The van der Waals surface area contributed by atoms with Gasteiger partial charge in [-0.1, -0.05) is 18.2 Å². The van der Waals surface area contributed by atoms with Crippen molar-refractivity contribution in [3.05, 3.63) is 35.9 Å². The average Bonchev–Trinajstić information content (AvgIpc) is 2.59. The standard InChI is InChI=1S/C17H21NO8/c1-9(19)18-13-15(25-10(2)20)14(21)12(26-17(13)23)8-24-16(22)11-6-4-3-5-7-11/h3-7,12-15,17,21,23H,8H2,1-2H3,(H,18,19)/t12-,13-,14-,15-,17?/m1/s1. The normalized spacial score (nSPS) is 28.1. The van der Waals surface area contributed by atoms with Crippen LogP contribution in [-0.4, -0.2) is 65.3 Å². The van der Waals surface area contributed by atoms with E-state index in [1.165, 1.54) is 6.92 Å². The number of carbonyl (C=O) groups excluding carboxylic acids is 3. The first-order valence-corrected chi connectivity index (χ1v) is 7.97. The van der Waals surface area contributed by atoms with E-state index in [9.17, 15) is 24.6 Å². The Kier molecular flexibility index (Phi) is 6.67. The van der Waals surface area contributed by atoms with Crippen molar-refractivity contribution in [1.82, 2.24) is 5.32 Å². The summed E-state index contributed by atoms with van der Waals surface area (Å²) in [5, 5.41) is 22.9. The van der Waals surface area contributed by atoms with Gasteiger partial charge in [0.2, 0.25) is 5.91 Å². The molecule has 1 aromatic carbocycles. The van der Waals surface area contributed by atoms with Crippen LogP contribution < -0.4 is 5.32 Å². The first-order valence-electron chi connectivity index (χ1n) is 7.97. The summed E-state index contributed by atoms with van der Waals surface area (Å²) < 4.78 is 15.4. The number of hydrogen-bond donors (Lipinski definition) is 3. The quantitative estimate of drug-likeness (QED) is 0.586. The minimum absolute atomic E-state index is 0.311. The van der Waals surface area contributed by atoms with Crippen LogP contribution in [0, 0.1) is 0 Å². The highest BCUT2D eigenvalue weighted by molar-refractivity contribution is 5.89. The van der Waals surface area contributed by atoms with Gasteiger partial charge in [0.1, 0.15) is 24.9 Å². The van der Waals surface area contributed by atoms with Gasteiger partial charge in [-0.15, -0.1) is 0 Å². The van der Waals surface area contributed by atoms with Crippen LogP contribution >= 0.6 is 0 Å². The molecular formula is C17H21NO8. The molecule has 1 fully saturated rings. The van der Waals surface area contributed by atoms with Crippen molar-refractivity contribution in [3.63, 3.8) is 0 Å². The molecule has 1 aliphatic rings. The van der Waals surface area contributed by atoms with Gasteiger partial charge >= 0.3 is 11.9 Å². The number of esters is 2. The molecule has 2 rings (SSSR count). The molecule has 5 atom stereocenters. The Labute approximate surface area is 149 Å². The minimum Gasteiger partial charge on any atom is -0.459 e. The fraction of sp³-hybridized carbons (Fsp3) is 0.471. The maximum absolute atomic E-state index is 12.0. The largest absolute Gasteiger partial charge is 0.459 e. The Morgan fingerprint density at radius 1 is 1.15 bits per heavy atom. The zero-order chi connectivity index (χ0) is 19.3. The highest BCUT2D eigenvalue weighted by Crippen LogP contribution is 2.23. The number of carbonyl (C=O) groups is 3. The van der Waals surface area contributed by atoms with E-state index in [1.807, 2.05) is 0 Å². The minimum atomic E-state index is -1.56. The third-order valence-corrected chi connectivity index (χ3v) is 3.75. The third kappa shape index (κ3) is 5.01. The van der Waals surface area contributed by atoms with Gasteiger partial charge in [0.25, 0.3) is 0 Å². The van der Waals surface area contributed by atoms with Gasteiger partial charge in [0, 0.05) is 13.8 Å². The highest BCUT2D eigenvalue weighted by atomic mass is 16.6. The average molecular weight is 367 g/mol. The summed E-state index contributed by atoms with van der Waals surface area (Å²) in [6.07, 6.45) is -5.40. The summed E-state index contributed by atoms with van der Waals surface area (Å²) in [7, 11) is 0. The molecule has 0 radical (unpaired) electrons. The number of aliphatic hydroxyl groups excluding tert-OH is 2. The number of ether oxygens (including phenoxy) is 3. The fourth-order valence-corrected chi connectivity index (χ4v) is 2.61. The summed E-state index contributed by atoms with van der Waals surface area (Å²) in [4.78, 5) is 34.6. The van der Waals surface area contributed by atoms with E-state index in [0.29, 0.717) is 5.56 Å². The molecule has 3 N–H and O–H groups in total. The van der Waals surface area contributed by atoms with Gasteiger partial charge in [-0.05, 0) is 12.1 Å². The molecule has 26 heavy (non-hydrogen) atoms. The molecule has 1 aromatic rings. The SMILES string of the molecule is CC(=O)N[C@H]1C(O)O[C@H](COC(=O)c2ccccc2)[C@@H](O)[C@@H]1OC(C)=O. The second kappa shape index (κ2) is 8.75. The van der Waals surface area contributed by atoms with E-state index in [0.717, 1.165) is 6.92 Å². The van der Waals surface area contributed by atoms with Crippen LogP contribution in [-0.2, 0) is 23.8 Å². The molecular weight excluding hydrogens is 346 g/mol. The number of amides is 1. The van der Waals surface area contributed by atoms with Crippen molar-refractivity contribution in [2.45, 2.75) is 44.5 Å². The monoisotopic (exact) mass is 367 g/mol. The predicted molar refractivity (Wildman–Crippen MR) is 86.8 cm³/mol. The second-order valence-corrected chi connectivity index (χ2v) is 5.82.